The molecule has 0 aromatic carbocycles. The second-order valence-corrected chi connectivity index (χ2v) is 26.0. The lowest BCUT2D eigenvalue weighted by Gasteiger charge is -2.41. The van der Waals surface area contributed by atoms with E-state index in [1.807, 2.05) is 23.6 Å². The number of hydrogen-bond donors (Lipinski definition) is 0. The Hall–Kier alpha value is -1.96. The minimum atomic E-state index is -2.23. The number of fused-ring (bicyclic) bond motifs is 3. The van der Waals surface area contributed by atoms with E-state index in [1.54, 1.807) is 19.0 Å². The highest BCUT2D eigenvalue weighted by molar-refractivity contribution is 6.74. The number of aromatic nitrogens is 4. The van der Waals surface area contributed by atoms with Crippen molar-refractivity contribution in [3.8, 4) is 0 Å². The highest BCUT2D eigenvalue weighted by atomic mass is 28.4. The SMILES string of the molecule is CCCCCCCCCCCCCCCCN(CCCCCCCCCCCCCCCC)OC[C@@]12CO[C@@H]([C@H](n3cnc4c(/N=C\N(C)C)ncnc43)O1)[C@@H]2O[Si](C)(C)C(C)(C)C. The molecule has 0 N–H and O–H groups in total. The maximum atomic E-state index is 7.28. The molecular formula is C52H97N7O4Si. The summed E-state index contributed by atoms with van der Waals surface area (Å²) in [5.41, 5.74) is 0.539. The molecule has 2 fully saturated rings. The van der Waals surface area contributed by atoms with E-state index in [0.29, 0.717) is 30.2 Å². The topological polar surface area (TPSA) is 99.4 Å². The van der Waals surface area contributed by atoms with Crippen molar-refractivity contribution in [3.05, 3.63) is 12.7 Å². The fourth-order valence-electron chi connectivity index (χ4n) is 9.09. The van der Waals surface area contributed by atoms with Gasteiger partial charge >= 0.3 is 0 Å². The number of rotatable bonds is 38. The summed E-state index contributed by atoms with van der Waals surface area (Å²) in [6, 6.07) is 0. The van der Waals surface area contributed by atoms with Crippen molar-refractivity contribution in [2.75, 3.05) is 40.4 Å². The van der Waals surface area contributed by atoms with Gasteiger partial charge in [0.25, 0.3) is 0 Å². The van der Waals surface area contributed by atoms with Crippen LogP contribution in [0, 0.1) is 0 Å². The number of ether oxygens (including phenoxy) is 2. The zero-order valence-electron chi connectivity index (χ0n) is 42.9. The molecule has 2 saturated heterocycles. The minimum Gasteiger partial charge on any atom is -0.408 e. The molecule has 11 nitrogen and oxygen atoms in total. The van der Waals surface area contributed by atoms with Crippen LogP contribution in [-0.4, -0.2) is 102 Å². The van der Waals surface area contributed by atoms with Crippen molar-refractivity contribution in [2.45, 2.75) is 257 Å². The number of nitrogens with zero attached hydrogens (tertiary/aromatic N) is 7. The van der Waals surface area contributed by atoms with E-state index < -0.39 is 20.1 Å². The number of imidazole rings is 1. The third-order valence-corrected chi connectivity index (χ3v) is 18.7. The summed E-state index contributed by atoms with van der Waals surface area (Å²) in [5, 5.41) is 2.28. The van der Waals surface area contributed by atoms with E-state index in [4.69, 9.17) is 23.7 Å². The van der Waals surface area contributed by atoms with Crippen LogP contribution < -0.4 is 0 Å². The van der Waals surface area contributed by atoms with Gasteiger partial charge in [-0.15, -0.1) is 0 Å². The second kappa shape index (κ2) is 29.7. The average molecular weight is 912 g/mol. The highest BCUT2D eigenvalue weighted by Crippen LogP contribution is 2.50. The van der Waals surface area contributed by atoms with Gasteiger partial charge in [-0.1, -0.05) is 202 Å². The van der Waals surface area contributed by atoms with Crippen molar-refractivity contribution in [1.29, 1.82) is 0 Å². The van der Waals surface area contributed by atoms with Crippen LogP contribution in [0.2, 0.25) is 18.1 Å². The fraction of sp³-hybridized carbons (Fsp3) is 0.885. The summed E-state index contributed by atoms with van der Waals surface area (Å²) in [6.45, 7) is 18.8. The monoisotopic (exact) mass is 912 g/mol. The molecule has 368 valence electrons. The predicted octanol–water partition coefficient (Wildman–Crippen LogP) is 14.3. The van der Waals surface area contributed by atoms with Gasteiger partial charge in [0.15, 0.2) is 31.5 Å². The van der Waals surface area contributed by atoms with Crippen LogP contribution in [-0.2, 0) is 18.7 Å². The summed E-state index contributed by atoms with van der Waals surface area (Å²) >= 11 is 0. The molecule has 2 aliphatic heterocycles. The molecule has 4 heterocycles. The molecule has 0 aliphatic carbocycles. The molecule has 2 aromatic heterocycles. The smallest absolute Gasteiger partial charge is 0.192 e. The standard InChI is InChI=1S/C52H97N7O4Si/c1-10-12-14-16-18-20-22-24-26-28-30-32-34-36-38-58(39-37-35-33-31-29-27-25-23-21-19-17-15-13-11-2)61-41-52-40-60-46(47(52)63-64(8,9)51(3,4)5)50(62-52)59-44-55-45-48(56-43-57(6)7)53-42-54-49(45)59/h42-44,46-47,50H,10-41H2,1-9H3/b56-43-/t46-,47+,50-,52-/m1/s1. The van der Waals surface area contributed by atoms with E-state index >= 15 is 0 Å². The molecule has 4 atom stereocenters. The van der Waals surface area contributed by atoms with Crippen LogP contribution >= 0.6 is 0 Å². The van der Waals surface area contributed by atoms with Gasteiger partial charge < -0.3 is 18.8 Å². The lowest BCUT2D eigenvalue weighted by molar-refractivity contribution is -0.243. The Morgan fingerprint density at radius 2 is 1.19 bits per heavy atom. The lowest BCUT2D eigenvalue weighted by atomic mass is 10.0. The number of unbranched alkanes of at least 4 members (excludes halogenated alkanes) is 26. The summed E-state index contributed by atoms with van der Waals surface area (Å²) in [5.74, 6) is 0.524. The van der Waals surface area contributed by atoms with Gasteiger partial charge in [0.05, 0.1) is 19.3 Å². The zero-order valence-corrected chi connectivity index (χ0v) is 43.9. The summed E-state index contributed by atoms with van der Waals surface area (Å²) in [7, 11) is 1.65. The van der Waals surface area contributed by atoms with Gasteiger partial charge in [-0.2, -0.15) is 5.06 Å². The predicted molar refractivity (Wildman–Crippen MR) is 270 cm³/mol. The zero-order chi connectivity index (χ0) is 46.1. The lowest BCUT2D eigenvalue weighted by Crippen LogP contribution is -2.54. The molecule has 0 amide bonds. The Bertz CT molecular complexity index is 1520. The van der Waals surface area contributed by atoms with Crippen LogP contribution in [0.4, 0.5) is 5.82 Å². The van der Waals surface area contributed by atoms with Gasteiger partial charge in [0.1, 0.15) is 30.7 Å². The third-order valence-electron chi connectivity index (χ3n) is 14.2. The first-order valence-corrected chi connectivity index (χ1v) is 29.6. The van der Waals surface area contributed by atoms with E-state index in [0.717, 1.165) is 25.9 Å². The molecule has 0 spiro atoms. The Morgan fingerprint density at radius 1 is 0.719 bits per heavy atom. The first-order chi connectivity index (χ1) is 30.9. The van der Waals surface area contributed by atoms with Crippen LogP contribution in [0.3, 0.4) is 0 Å². The van der Waals surface area contributed by atoms with Crippen molar-refractivity contribution in [3.63, 3.8) is 0 Å². The summed E-state index contributed by atoms with van der Waals surface area (Å²) in [4.78, 5) is 27.2. The van der Waals surface area contributed by atoms with Crippen molar-refractivity contribution in [2.24, 2.45) is 4.99 Å². The Labute approximate surface area is 393 Å². The van der Waals surface area contributed by atoms with E-state index in [9.17, 15) is 0 Å². The number of aliphatic imine (C=N–C) groups is 1. The molecular weight excluding hydrogens is 815 g/mol. The average Bonchev–Trinajstić information content (AvgIpc) is 3.93. The summed E-state index contributed by atoms with van der Waals surface area (Å²) in [6.07, 6.45) is 42.1. The molecule has 12 heteroatoms. The maximum absolute atomic E-state index is 7.28. The first kappa shape index (κ1) is 54.6. The number of hydrogen-bond acceptors (Lipinski definition) is 9. The summed E-state index contributed by atoms with van der Waals surface area (Å²) < 4.78 is 23.1. The van der Waals surface area contributed by atoms with Gasteiger partial charge in [0, 0.05) is 27.2 Å². The molecule has 4 rings (SSSR count). The van der Waals surface area contributed by atoms with E-state index in [1.165, 1.54) is 167 Å². The van der Waals surface area contributed by atoms with Crippen LogP contribution in [0.1, 0.15) is 221 Å². The Balaban J connectivity index is 1.34. The van der Waals surface area contributed by atoms with Crippen LogP contribution in [0.15, 0.2) is 17.6 Å². The van der Waals surface area contributed by atoms with Crippen molar-refractivity contribution >= 4 is 31.6 Å². The Kier molecular flexibility index (Phi) is 25.4. The van der Waals surface area contributed by atoms with E-state index in [2.05, 4.69) is 67.7 Å². The highest BCUT2D eigenvalue weighted by Gasteiger charge is 2.65. The quantitative estimate of drug-likeness (QED) is 0.0214. The third kappa shape index (κ3) is 18.3. The molecule has 0 saturated carbocycles. The van der Waals surface area contributed by atoms with Crippen molar-refractivity contribution in [1.82, 2.24) is 29.5 Å². The largest absolute Gasteiger partial charge is 0.408 e. The van der Waals surface area contributed by atoms with E-state index in [-0.39, 0.29) is 17.2 Å². The van der Waals surface area contributed by atoms with Gasteiger partial charge in [-0.3, -0.25) is 9.40 Å². The molecule has 2 aliphatic rings. The Morgan fingerprint density at radius 3 is 1.64 bits per heavy atom. The van der Waals surface area contributed by atoms with Gasteiger partial charge in [-0.05, 0) is 31.0 Å². The first-order valence-electron chi connectivity index (χ1n) is 26.7. The molecule has 2 bridgehead atoms. The van der Waals surface area contributed by atoms with Gasteiger partial charge in [-0.25, -0.2) is 19.9 Å². The second-order valence-electron chi connectivity index (χ2n) is 21.3. The fourth-order valence-corrected chi connectivity index (χ4v) is 10.4. The minimum absolute atomic E-state index is 0.0225. The molecule has 0 radical (unpaired) electrons. The van der Waals surface area contributed by atoms with Gasteiger partial charge in [0.2, 0.25) is 0 Å². The molecule has 64 heavy (non-hydrogen) atoms. The normalized spacial score (nSPS) is 20.2. The van der Waals surface area contributed by atoms with Crippen LogP contribution in [0.25, 0.3) is 11.2 Å². The maximum Gasteiger partial charge on any atom is 0.192 e. The van der Waals surface area contributed by atoms with Crippen molar-refractivity contribution < 1.29 is 18.7 Å². The molecule has 2 aromatic rings. The molecule has 0 unspecified atom stereocenters. The van der Waals surface area contributed by atoms with Crippen LogP contribution in [0.5, 0.6) is 0 Å². The number of hydroxylamine groups is 2.